The van der Waals surface area contributed by atoms with Gasteiger partial charge in [-0.3, -0.25) is 4.21 Å². The molecule has 0 spiro atoms. The van der Waals surface area contributed by atoms with Crippen molar-refractivity contribution in [2.75, 3.05) is 18.6 Å². The maximum atomic E-state index is 10.9. The Morgan fingerprint density at radius 1 is 1.38 bits per heavy atom. The average Bonchev–Trinajstić information content (AvgIpc) is 2.24. The third-order valence-electron chi connectivity index (χ3n) is 3.70. The van der Waals surface area contributed by atoms with Crippen molar-refractivity contribution in [3.05, 3.63) is 0 Å². The Morgan fingerprint density at radius 3 is 2.75 bits per heavy atom. The molecular weight excluding hydrogens is 218 g/mol. The molecule has 3 heteroatoms. The summed E-state index contributed by atoms with van der Waals surface area (Å²) in [5.41, 5.74) is 0. The first kappa shape index (κ1) is 14.2. The lowest BCUT2D eigenvalue weighted by atomic mass is 9.79. The molecule has 1 aliphatic rings. The van der Waals surface area contributed by atoms with Gasteiger partial charge in [-0.15, -0.1) is 0 Å². The highest BCUT2D eigenvalue weighted by atomic mass is 32.2. The van der Waals surface area contributed by atoms with E-state index in [1.165, 1.54) is 25.7 Å². The molecule has 1 saturated carbocycles. The van der Waals surface area contributed by atoms with E-state index >= 15 is 0 Å². The van der Waals surface area contributed by atoms with E-state index < -0.39 is 10.8 Å². The van der Waals surface area contributed by atoms with Crippen LogP contribution in [0.5, 0.6) is 0 Å². The monoisotopic (exact) mass is 245 g/mol. The summed E-state index contributed by atoms with van der Waals surface area (Å²) in [6, 6.07) is 0.714. The largest absolute Gasteiger partial charge is 0.314 e. The molecule has 3 atom stereocenters. The predicted octanol–water partition coefficient (Wildman–Crippen LogP) is 2.56. The summed E-state index contributed by atoms with van der Waals surface area (Å²) in [5, 5.41) is 3.63. The van der Waals surface area contributed by atoms with Gasteiger partial charge >= 0.3 is 0 Å². The van der Waals surface area contributed by atoms with Gasteiger partial charge in [-0.1, -0.05) is 26.7 Å². The van der Waals surface area contributed by atoms with E-state index in [0.717, 1.165) is 30.6 Å². The first-order valence-electron chi connectivity index (χ1n) is 6.63. The maximum absolute atomic E-state index is 10.9. The van der Waals surface area contributed by atoms with Crippen LogP contribution in [0.1, 0.15) is 46.0 Å². The molecule has 96 valence electrons. The smallest absolute Gasteiger partial charge is 0.0244 e. The van der Waals surface area contributed by atoms with E-state index in [-0.39, 0.29) is 0 Å². The third kappa shape index (κ3) is 5.44. The average molecular weight is 245 g/mol. The molecule has 3 unspecified atom stereocenters. The van der Waals surface area contributed by atoms with Crippen LogP contribution in [0.3, 0.4) is 0 Å². The van der Waals surface area contributed by atoms with E-state index in [1.807, 2.05) is 0 Å². The highest BCUT2D eigenvalue weighted by Crippen LogP contribution is 2.29. The zero-order valence-corrected chi connectivity index (χ0v) is 11.8. The quantitative estimate of drug-likeness (QED) is 0.729. The minimum absolute atomic E-state index is 0.626. The molecule has 0 aromatic heterocycles. The molecule has 0 radical (unpaired) electrons. The fourth-order valence-corrected chi connectivity index (χ4v) is 3.15. The Hall–Kier alpha value is 0.110. The van der Waals surface area contributed by atoms with Crippen LogP contribution in [0.2, 0.25) is 0 Å². The van der Waals surface area contributed by atoms with Gasteiger partial charge in [-0.05, 0) is 37.6 Å². The Labute approximate surface area is 103 Å². The van der Waals surface area contributed by atoms with Crippen LogP contribution in [0, 0.1) is 11.8 Å². The minimum atomic E-state index is -0.626. The molecule has 1 aliphatic carbocycles. The lowest BCUT2D eigenvalue weighted by Crippen LogP contribution is -2.36. The van der Waals surface area contributed by atoms with Gasteiger partial charge in [0.15, 0.2) is 0 Å². The van der Waals surface area contributed by atoms with Gasteiger partial charge in [-0.25, -0.2) is 0 Å². The van der Waals surface area contributed by atoms with Gasteiger partial charge in [-0.2, -0.15) is 0 Å². The molecule has 1 fully saturated rings. The van der Waals surface area contributed by atoms with Crippen molar-refractivity contribution in [2.45, 2.75) is 52.0 Å². The predicted molar refractivity (Wildman–Crippen MR) is 72.1 cm³/mol. The van der Waals surface area contributed by atoms with E-state index in [9.17, 15) is 4.21 Å². The number of hydrogen-bond donors (Lipinski definition) is 1. The van der Waals surface area contributed by atoms with Crippen LogP contribution in [0.4, 0.5) is 0 Å². The van der Waals surface area contributed by atoms with Crippen LogP contribution in [-0.4, -0.2) is 28.8 Å². The summed E-state index contributed by atoms with van der Waals surface area (Å²) in [6.07, 6.45) is 8.29. The summed E-state index contributed by atoms with van der Waals surface area (Å²) in [7, 11) is -0.626. The summed E-state index contributed by atoms with van der Waals surface area (Å²) < 4.78 is 10.9. The summed E-state index contributed by atoms with van der Waals surface area (Å²) in [4.78, 5) is 0. The fourth-order valence-electron chi connectivity index (χ4n) is 2.60. The zero-order chi connectivity index (χ0) is 12.0. The van der Waals surface area contributed by atoms with Crippen molar-refractivity contribution in [2.24, 2.45) is 11.8 Å². The van der Waals surface area contributed by atoms with Crippen molar-refractivity contribution in [1.29, 1.82) is 0 Å². The van der Waals surface area contributed by atoms with Gasteiger partial charge in [0.05, 0.1) is 0 Å². The normalized spacial score (nSPS) is 28.2. The topological polar surface area (TPSA) is 29.1 Å². The van der Waals surface area contributed by atoms with Gasteiger partial charge < -0.3 is 5.32 Å². The Kier molecular flexibility index (Phi) is 6.59. The van der Waals surface area contributed by atoms with Gasteiger partial charge in [0.25, 0.3) is 0 Å². The molecule has 0 saturated heterocycles. The molecule has 2 nitrogen and oxygen atoms in total. The molecule has 16 heavy (non-hydrogen) atoms. The molecule has 1 rings (SSSR count). The lowest BCUT2D eigenvalue weighted by molar-refractivity contribution is 0.232. The number of rotatable bonds is 6. The second-order valence-corrected chi connectivity index (χ2v) is 7.01. The van der Waals surface area contributed by atoms with Crippen LogP contribution >= 0.6 is 0 Å². The standard InChI is InChI=1S/C13H27NOS/c1-11(2)12-6-4-7-13(10-12)14-8-5-9-16(3)15/h11-14H,4-10H2,1-3H3. The molecule has 0 aliphatic heterocycles. The number of nitrogens with one attached hydrogen (secondary N) is 1. The van der Waals surface area contributed by atoms with E-state index in [0.29, 0.717) is 6.04 Å². The van der Waals surface area contributed by atoms with Crippen LogP contribution in [-0.2, 0) is 10.8 Å². The Morgan fingerprint density at radius 2 is 2.12 bits per heavy atom. The fraction of sp³-hybridized carbons (Fsp3) is 1.00. The van der Waals surface area contributed by atoms with Crippen molar-refractivity contribution < 1.29 is 4.21 Å². The molecule has 0 bridgehead atoms. The molecule has 0 aromatic rings. The number of hydrogen-bond acceptors (Lipinski definition) is 2. The first-order chi connectivity index (χ1) is 7.59. The molecule has 0 amide bonds. The van der Waals surface area contributed by atoms with E-state index in [4.69, 9.17) is 0 Å². The summed E-state index contributed by atoms with van der Waals surface area (Å²) in [6.45, 7) is 5.72. The van der Waals surface area contributed by atoms with Crippen LogP contribution in [0.25, 0.3) is 0 Å². The van der Waals surface area contributed by atoms with E-state index in [2.05, 4.69) is 19.2 Å². The second-order valence-electron chi connectivity index (χ2n) is 5.45. The Bertz CT molecular complexity index is 218. The molecule has 0 heterocycles. The van der Waals surface area contributed by atoms with Crippen molar-refractivity contribution >= 4 is 10.8 Å². The van der Waals surface area contributed by atoms with E-state index in [1.54, 1.807) is 6.26 Å². The molecular formula is C13H27NOS. The highest BCUT2D eigenvalue weighted by molar-refractivity contribution is 7.84. The third-order valence-corrected chi connectivity index (χ3v) is 4.56. The van der Waals surface area contributed by atoms with Crippen molar-refractivity contribution in [3.63, 3.8) is 0 Å². The summed E-state index contributed by atoms with van der Waals surface area (Å²) >= 11 is 0. The summed E-state index contributed by atoms with van der Waals surface area (Å²) in [5.74, 6) is 2.58. The molecule has 1 N–H and O–H groups in total. The van der Waals surface area contributed by atoms with Gasteiger partial charge in [0.2, 0.25) is 0 Å². The Balaban J connectivity index is 2.14. The SMILES string of the molecule is CC(C)C1CCCC(NCCCS(C)=O)C1. The second kappa shape index (κ2) is 7.44. The lowest BCUT2D eigenvalue weighted by Gasteiger charge is -2.32. The zero-order valence-electron chi connectivity index (χ0n) is 11.0. The van der Waals surface area contributed by atoms with Crippen molar-refractivity contribution in [1.82, 2.24) is 5.32 Å². The molecule has 0 aromatic carbocycles. The maximum Gasteiger partial charge on any atom is 0.0244 e. The first-order valence-corrected chi connectivity index (χ1v) is 8.35. The van der Waals surface area contributed by atoms with Gasteiger partial charge in [0.1, 0.15) is 0 Å². The van der Waals surface area contributed by atoms with Crippen molar-refractivity contribution in [3.8, 4) is 0 Å². The highest BCUT2D eigenvalue weighted by Gasteiger charge is 2.23. The van der Waals surface area contributed by atoms with Crippen LogP contribution in [0.15, 0.2) is 0 Å². The minimum Gasteiger partial charge on any atom is -0.314 e. The van der Waals surface area contributed by atoms with Crippen LogP contribution < -0.4 is 5.32 Å². The van der Waals surface area contributed by atoms with Gasteiger partial charge in [0, 0.05) is 28.9 Å².